The quantitative estimate of drug-likeness (QED) is 0.686. The molecule has 2 aromatic rings. The second-order valence-electron chi connectivity index (χ2n) is 6.35. The van der Waals surface area contributed by atoms with E-state index in [0.717, 1.165) is 24.3 Å². The minimum Gasteiger partial charge on any atom is -0.494 e. The lowest BCUT2D eigenvalue weighted by Gasteiger charge is -2.13. The zero-order chi connectivity index (χ0) is 18.1. The lowest BCUT2D eigenvalue weighted by molar-refractivity contribution is 0.102. The molecule has 0 unspecified atom stereocenters. The summed E-state index contributed by atoms with van der Waals surface area (Å²) in [6.45, 7) is 7.65. The number of ether oxygens (including phenoxy) is 2. The van der Waals surface area contributed by atoms with Crippen LogP contribution in [0.1, 0.15) is 44.0 Å². The van der Waals surface area contributed by atoms with Crippen LogP contribution in [0.15, 0.2) is 48.5 Å². The molecule has 0 fully saturated rings. The second-order valence-corrected chi connectivity index (χ2v) is 6.35. The van der Waals surface area contributed by atoms with Gasteiger partial charge in [-0.25, -0.2) is 0 Å². The molecule has 0 heterocycles. The Kier molecular flexibility index (Phi) is 7.33. The molecule has 4 nitrogen and oxygen atoms in total. The predicted octanol–water partition coefficient (Wildman–Crippen LogP) is 5.15. The summed E-state index contributed by atoms with van der Waals surface area (Å²) in [5.74, 6) is 1.80. The van der Waals surface area contributed by atoms with E-state index in [4.69, 9.17) is 9.47 Å². The maximum absolute atomic E-state index is 12.6. The summed E-state index contributed by atoms with van der Waals surface area (Å²) >= 11 is 0. The lowest BCUT2D eigenvalue weighted by Crippen LogP contribution is -2.14. The third-order valence-electron chi connectivity index (χ3n) is 3.67. The molecular weight excluding hydrogens is 314 g/mol. The number of hydrogen-bond acceptors (Lipinski definition) is 3. The van der Waals surface area contributed by atoms with Gasteiger partial charge in [0, 0.05) is 5.69 Å². The minimum atomic E-state index is -0.178. The molecule has 0 aliphatic heterocycles. The maximum atomic E-state index is 12.6. The van der Waals surface area contributed by atoms with E-state index < -0.39 is 0 Å². The number of carbonyl (C=O) groups is 1. The number of para-hydroxylation sites is 1. The van der Waals surface area contributed by atoms with Crippen LogP contribution in [0.25, 0.3) is 0 Å². The van der Waals surface area contributed by atoms with Gasteiger partial charge < -0.3 is 14.8 Å². The van der Waals surface area contributed by atoms with Crippen molar-refractivity contribution in [3.8, 4) is 11.5 Å². The first-order valence-electron chi connectivity index (χ1n) is 8.86. The first-order valence-corrected chi connectivity index (χ1v) is 8.86. The van der Waals surface area contributed by atoms with Gasteiger partial charge in [-0.2, -0.15) is 0 Å². The Hall–Kier alpha value is -2.49. The zero-order valence-electron chi connectivity index (χ0n) is 15.2. The highest BCUT2D eigenvalue weighted by atomic mass is 16.5. The molecule has 2 aromatic carbocycles. The van der Waals surface area contributed by atoms with Gasteiger partial charge >= 0.3 is 0 Å². The molecule has 1 N–H and O–H groups in total. The van der Waals surface area contributed by atoms with Crippen LogP contribution in [-0.4, -0.2) is 19.1 Å². The summed E-state index contributed by atoms with van der Waals surface area (Å²) in [5, 5.41) is 2.91. The number of amides is 1. The van der Waals surface area contributed by atoms with Crippen LogP contribution >= 0.6 is 0 Å². The van der Waals surface area contributed by atoms with Crippen LogP contribution in [-0.2, 0) is 0 Å². The molecule has 25 heavy (non-hydrogen) atoms. The fraction of sp³-hybridized carbons (Fsp3) is 0.381. The Bertz CT molecular complexity index is 665. The number of rotatable bonds is 9. The van der Waals surface area contributed by atoms with Gasteiger partial charge in [0.2, 0.25) is 0 Å². The largest absolute Gasteiger partial charge is 0.494 e. The first-order chi connectivity index (χ1) is 12.1. The smallest absolute Gasteiger partial charge is 0.259 e. The Morgan fingerprint density at radius 1 is 1.00 bits per heavy atom. The highest BCUT2D eigenvalue weighted by Gasteiger charge is 2.12. The van der Waals surface area contributed by atoms with E-state index in [1.54, 1.807) is 6.07 Å². The van der Waals surface area contributed by atoms with E-state index >= 15 is 0 Å². The van der Waals surface area contributed by atoms with Crippen molar-refractivity contribution < 1.29 is 14.3 Å². The van der Waals surface area contributed by atoms with Crippen LogP contribution < -0.4 is 14.8 Å². The van der Waals surface area contributed by atoms with Crippen molar-refractivity contribution in [2.75, 3.05) is 18.5 Å². The SMILES string of the molecule is CCCOc1ccc(NC(=O)c2ccccc2OCCC(C)C)cc1. The van der Waals surface area contributed by atoms with Crippen molar-refractivity contribution in [1.82, 2.24) is 0 Å². The van der Waals surface area contributed by atoms with E-state index in [0.29, 0.717) is 30.4 Å². The van der Waals surface area contributed by atoms with E-state index in [2.05, 4.69) is 26.1 Å². The van der Waals surface area contributed by atoms with Gasteiger partial charge in [0.25, 0.3) is 5.91 Å². The van der Waals surface area contributed by atoms with Gasteiger partial charge in [-0.05, 0) is 55.2 Å². The third kappa shape index (κ3) is 6.14. The zero-order valence-corrected chi connectivity index (χ0v) is 15.2. The molecule has 0 saturated heterocycles. The summed E-state index contributed by atoms with van der Waals surface area (Å²) < 4.78 is 11.3. The first kappa shape index (κ1) is 18.8. The van der Waals surface area contributed by atoms with Crippen molar-refractivity contribution >= 4 is 11.6 Å². The number of benzene rings is 2. The molecule has 1 amide bonds. The van der Waals surface area contributed by atoms with Crippen molar-refractivity contribution in [1.29, 1.82) is 0 Å². The Labute approximate surface area is 150 Å². The van der Waals surface area contributed by atoms with Crippen LogP contribution in [0.5, 0.6) is 11.5 Å². The highest BCUT2D eigenvalue weighted by molar-refractivity contribution is 6.06. The highest BCUT2D eigenvalue weighted by Crippen LogP contribution is 2.21. The van der Waals surface area contributed by atoms with Gasteiger partial charge in [-0.3, -0.25) is 4.79 Å². The van der Waals surface area contributed by atoms with Crippen molar-refractivity contribution in [3.05, 3.63) is 54.1 Å². The molecule has 0 aliphatic carbocycles. The predicted molar refractivity (Wildman–Crippen MR) is 102 cm³/mol. The monoisotopic (exact) mass is 341 g/mol. The van der Waals surface area contributed by atoms with E-state index in [1.165, 1.54) is 0 Å². The number of nitrogens with one attached hydrogen (secondary N) is 1. The molecular formula is C21H27NO3. The molecule has 0 bridgehead atoms. The van der Waals surface area contributed by atoms with Gasteiger partial charge in [-0.15, -0.1) is 0 Å². The Morgan fingerprint density at radius 2 is 1.72 bits per heavy atom. The average molecular weight is 341 g/mol. The van der Waals surface area contributed by atoms with Gasteiger partial charge in [0.15, 0.2) is 0 Å². The average Bonchev–Trinajstić information content (AvgIpc) is 2.61. The third-order valence-corrected chi connectivity index (χ3v) is 3.67. The van der Waals surface area contributed by atoms with Gasteiger partial charge in [0.1, 0.15) is 11.5 Å². The molecule has 0 spiro atoms. The number of carbonyl (C=O) groups excluding carboxylic acids is 1. The normalized spacial score (nSPS) is 10.6. The molecule has 0 atom stereocenters. The lowest BCUT2D eigenvalue weighted by atomic mass is 10.1. The summed E-state index contributed by atoms with van der Waals surface area (Å²) in [5.41, 5.74) is 1.27. The van der Waals surface area contributed by atoms with Crippen LogP contribution in [0.2, 0.25) is 0 Å². The summed E-state index contributed by atoms with van der Waals surface area (Å²) in [6.07, 6.45) is 1.92. The van der Waals surface area contributed by atoms with Crippen LogP contribution in [0.3, 0.4) is 0 Å². The van der Waals surface area contributed by atoms with Gasteiger partial charge in [0.05, 0.1) is 18.8 Å². The second kappa shape index (κ2) is 9.72. The van der Waals surface area contributed by atoms with Crippen LogP contribution in [0.4, 0.5) is 5.69 Å². The van der Waals surface area contributed by atoms with E-state index in [1.807, 2.05) is 42.5 Å². The van der Waals surface area contributed by atoms with Crippen molar-refractivity contribution in [2.24, 2.45) is 5.92 Å². The van der Waals surface area contributed by atoms with Crippen LogP contribution in [0, 0.1) is 5.92 Å². The minimum absolute atomic E-state index is 0.178. The molecule has 0 saturated carbocycles. The molecule has 4 heteroatoms. The Morgan fingerprint density at radius 3 is 2.40 bits per heavy atom. The molecule has 2 rings (SSSR count). The number of hydrogen-bond donors (Lipinski definition) is 1. The summed E-state index contributed by atoms with van der Waals surface area (Å²) in [4.78, 5) is 12.6. The van der Waals surface area contributed by atoms with Gasteiger partial charge in [-0.1, -0.05) is 32.9 Å². The molecule has 134 valence electrons. The fourth-order valence-electron chi connectivity index (χ4n) is 2.24. The molecule has 0 aliphatic rings. The fourth-order valence-corrected chi connectivity index (χ4v) is 2.24. The van der Waals surface area contributed by atoms with Crippen molar-refractivity contribution in [2.45, 2.75) is 33.6 Å². The number of anilines is 1. The molecule has 0 radical (unpaired) electrons. The molecule has 0 aromatic heterocycles. The summed E-state index contributed by atoms with van der Waals surface area (Å²) in [7, 11) is 0. The summed E-state index contributed by atoms with van der Waals surface area (Å²) in [6, 6.07) is 14.7. The topological polar surface area (TPSA) is 47.6 Å². The van der Waals surface area contributed by atoms with Crippen molar-refractivity contribution in [3.63, 3.8) is 0 Å². The van der Waals surface area contributed by atoms with E-state index in [-0.39, 0.29) is 5.91 Å². The van der Waals surface area contributed by atoms with E-state index in [9.17, 15) is 4.79 Å². The Balaban J connectivity index is 2.00. The standard InChI is InChI=1S/C21H27NO3/c1-4-14-24-18-11-9-17(10-12-18)22-21(23)19-7-5-6-8-20(19)25-15-13-16(2)3/h5-12,16H,4,13-15H2,1-3H3,(H,22,23). The maximum Gasteiger partial charge on any atom is 0.259 e.